The third-order valence-electron chi connectivity index (χ3n) is 4.31. The topological polar surface area (TPSA) is 85.3 Å². The number of para-hydroxylation sites is 2. The fourth-order valence-electron chi connectivity index (χ4n) is 2.93. The molecular weight excluding hydrogens is 363 g/mol. The molecule has 7 nitrogen and oxygen atoms in total. The number of rotatable bonds is 3. The molecule has 0 aliphatic carbocycles. The molecule has 0 fully saturated rings. The molecule has 28 heavy (non-hydrogen) atoms. The Morgan fingerprint density at radius 3 is 2.96 bits per heavy atom. The van der Waals surface area contributed by atoms with Gasteiger partial charge in [-0.15, -0.1) is 0 Å². The van der Waals surface area contributed by atoms with E-state index in [0.717, 1.165) is 15.8 Å². The number of hydrogen-bond donors (Lipinski definition) is 2. The highest BCUT2D eigenvalue weighted by atomic mass is 19.1. The first-order chi connectivity index (χ1) is 13.6. The molecule has 1 aromatic heterocycles. The maximum atomic E-state index is 13.3. The molecule has 8 heteroatoms. The number of hydrogen-bond acceptors (Lipinski definition) is 4. The molecule has 0 spiro atoms. The van der Waals surface area contributed by atoms with E-state index in [9.17, 15) is 14.0 Å². The fraction of sp³-hybridized carbons (Fsp3) is 0.150. The summed E-state index contributed by atoms with van der Waals surface area (Å²) in [5.41, 5.74) is 2.07. The molecule has 3 aromatic rings. The Morgan fingerprint density at radius 1 is 1.25 bits per heavy atom. The van der Waals surface area contributed by atoms with Crippen LogP contribution in [0.3, 0.4) is 0 Å². The average Bonchev–Trinajstić information content (AvgIpc) is 3.08. The number of nitrogens with one attached hydrogen (secondary N) is 2. The van der Waals surface area contributed by atoms with E-state index in [2.05, 4.69) is 15.7 Å². The lowest BCUT2D eigenvalue weighted by atomic mass is 10.1. The van der Waals surface area contributed by atoms with Gasteiger partial charge in [-0.2, -0.15) is 9.78 Å². The molecule has 1 aliphatic heterocycles. The van der Waals surface area contributed by atoms with Gasteiger partial charge >= 0.3 is 6.03 Å². The molecule has 0 saturated heterocycles. The molecule has 1 aliphatic rings. The maximum Gasteiger partial charge on any atom is 0.342 e. The molecule has 2 heterocycles. The van der Waals surface area contributed by atoms with E-state index in [-0.39, 0.29) is 18.3 Å². The minimum atomic E-state index is -0.865. The molecule has 142 valence electrons. The second-order valence-corrected chi connectivity index (χ2v) is 6.40. The first kappa shape index (κ1) is 17.7. The van der Waals surface area contributed by atoms with Crippen molar-refractivity contribution in [2.24, 2.45) is 0 Å². The van der Waals surface area contributed by atoms with Crippen molar-refractivity contribution in [1.82, 2.24) is 15.1 Å². The number of nitrogens with zero attached hydrogens (tertiary/aromatic N) is 2. The smallest absolute Gasteiger partial charge is 0.342 e. The molecule has 2 N–H and O–H groups in total. The number of amides is 2. The van der Waals surface area contributed by atoms with Crippen molar-refractivity contribution in [2.75, 3.05) is 11.9 Å². The summed E-state index contributed by atoms with van der Waals surface area (Å²) in [6.45, 7) is 0.00596. The molecule has 0 bridgehead atoms. The molecule has 4 rings (SSSR count). The Kier molecular flexibility index (Phi) is 4.76. The Balaban J connectivity index is 1.41. The molecule has 0 saturated carbocycles. The number of ether oxygens (including phenoxy) is 1. The third-order valence-corrected chi connectivity index (χ3v) is 4.31. The maximum absolute atomic E-state index is 13.3. The predicted octanol–water partition coefficient (Wildman–Crippen LogP) is 2.57. The molecule has 1 atom stereocenters. The number of benzene rings is 2. The van der Waals surface area contributed by atoms with Gasteiger partial charge in [0.25, 0.3) is 5.91 Å². The van der Waals surface area contributed by atoms with Crippen LogP contribution < -0.4 is 15.4 Å². The van der Waals surface area contributed by atoms with Crippen LogP contribution in [-0.4, -0.2) is 34.4 Å². The average molecular weight is 380 g/mol. The van der Waals surface area contributed by atoms with Crippen molar-refractivity contribution < 1.29 is 18.7 Å². The summed E-state index contributed by atoms with van der Waals surface area (Å²) in [6.07, 6.45) is 3.52. The van der Waals surface area contributed by atoms with E-state index < -0.39 is 12.1 Å². The van der Waals surface area contributed by atoms with Gasteiger partial charge in [-0.25, -0.2) is 9.18 Å². The summed E-state index contributed by atoms with van der Waals surface area (Å²) in [4.78, 5) is 24.8. The van der Waals surface area contributed by atoms with Crippen LogP contribution in [0.1, 0.15) is 11.1 Å². The minimum absolute atomic E-state index is 0.00596. The normalized spacial score (nSPS) is 15.8. The molecule has 2 amide bonds. The Hall–Kier alpha value is -3.68. The molecular formula is C20H17FN4O3. The zero-order valence-electron chi connectivity index (χ0n) is 14.8. The Morgan fingerprint density at radius 2 is 2.11 bits per heavy atom. The highest BCUT2D eigenvalue weighted by Crippen LogP contribution is 2.26. The van der Waals surface area contributed by atoms with Crippen molar-refractivity contribution in [3.63, 3.8) is 0 Å². The number of anilines is 1. The van der Waals surface area contributed by atoms with Gasteiger partial charge in [0.05, 0.1) is 11.9 Å². The van der Waals surface area contributed by atoms with Crippen LogP contribution in [-0.2, 0) is 11.2 Å². The quantitative estimate of drug-likeness (QED) is 0.731. The van der Waals surface area contributed by atoms with E-state index in [0.29, 0.717) is 17.9 Å². The highest BCUT2D eigenvalue weighted by Gasteiger charge is 2.26. The molecule has 2 aromatic carbocycles. The second-order valence-electron chi connectivity index (χ2n) is 6.40. The molecule has 0 unspecified atom stereocenters. The van der Waals surface area contributed by atoms with Gasteiger partial charge in [-0.3, -0.25) is 4.79 Å². The van der Waals surface area contributed by atoms with Crippen LogP contribution in [0.2, 0.25) is 0 Å². The SMILES string of the molecule is O=C1Nc2ccccc2OC[C@@H]1NC(=O)n1cc(Cc2cccc(F)c2)cn1. The lowest BCUT2D eigenvalue weighted by molar-refractivity contribution is -0.118. The number of aromatic nitrogens is 2. The summed E-state index contributed by atoms with van der Waals surface area (Å²) in [5, 5.41) is 9.37. The van der Waals surface area contributed by atoms with Gasteiger partial charge in [0.15, 0.2) is 0 Å². The van der Waals surface area contributed by atoms with Gasteiger partial charge in [0, 0.05) is 12.6 Å². The number of carbonyl (C=O) groups is 2. The van der Waals surface area contributed by atoms with E-state index in [1.165, 1.54) is 18.3 Å². The first-order valence-electron chi connectivity index (χ1n) is 8.70. The Labute approximate surface area is 160 Å². The summed E-state index contributed by atoms with van der Waals surface area (Å²) >= 11 is 0. The fourth-order valence-corrected chi connectivity index (χ4v) is 2.93. The van der Waals surface area contributed by atoms with Crippen LogP contribution in [0.25, 0.3) is 0 Å². The lowest BCUT2D eigenvalue weighted by Crippen LogP contribution is -2.47. The monoisotopic (exact) mass is 380 g/mol. The van der Waals surface area contributed by atoms with Crippen molar-refractivity contribution in [3.8, 4) is 5.75 Å². The lowest BCUT2D eigenvalue weighted by Gasteiger charge is -2.14. The van der Waals surface area contributed by atoms with E-state index in [1.54, 1.807) is 42.6 Å². The van der Waals surface area contributed by atoms with Crippen molar-refractivity contribution in [1.29, 1.82) is 0 Å². The first-order valence-corrected chi connectivity index (χ1v) is 8.70. The second kappa shape index (κ2) is 7.51. The summed E-state index contributed by atoms with van der Waals surface area (Å²) in [6, 6.07) is 11.9. The summed E-state index contributed by atoms with van der Waals surface area (Å²) in [5.74, 6) is -0.141. The van der Waals surface area contributed by atoms with Crippen molar-refractivity contribution in [3.05, 3.63) is 77.9 Å². The van der Waals surface area contributed by atoms with Gasteiger partial charge in [0.1, 0.15) is 24.2 Å². The van der Waals surface area contributed by atoms with Crippen molar-refractivity contribution >= 4 is 17.6 Å². The van der Waals surface area contributed by atoms with Crippen LogP contribution in [0.4, 0.5) is 14.9 Å². The zero-order chi connectivity index (χ0) is 19.5. The van der Waals surface area contributed by atoms with Gasteiger partial charge < -0.3 is 15.4 Å². The van der Waals surface area contributed by atoms with Crippen LogP contribution in [0.15, 0.2) is 60.9 Å². The largest absolute Gasteiger partial charge is 0.489 e. The van der Waals surface area contributed by atoms with Crippen LogP contribution in [0.5, 0.6) is 5.75 Å². The summed E-state index contributed by atoms with van der Waals surface area (Å²) < 4.78 is 20.0. The summed E-state index contributed by atoms with van der Waals surface area (Å²) in [7, 11) is 0. The zero-order valence-corrected chi connectivity index (χ0v) is 14.8. The number of carbonyl (C=O) groups excluding carboxylic acids is 2. The van der Waals surface area contributed by atoms with E-state index in [1.807, 2.05) is 0 Å². The standard InChI is InChI=1S/C20H17FN4O3/c21-15-5-3-4-13(9-15)8-14-10-22-25(11-14)20(27)24-17-12-28-18-7-2-1-6-16(18)23-19(17)26/h1-7,9-11,17H,8,12H2,(H,23,26)(H,24,27)/t17-/m0/s1. The highest BCUT2D eigenvalue weighted by molar-refractivity contribution is 5.98. The third kappa shape index (κ3) is 3.85. The van der Waals surface area contributed by atoms with E-state index in [4.69, 9.17) is 4.74 Å². The predicted molar refractivity (Wildman–Crippen MR) is 99.7 cm³/mol. The van der Waals surface area contributed by atoms with Crippen LogP contribution >= 0.6 is 0 Å². The van der Waals surface area contributed by atoms with E-state index >= 15 is 0 Å². The number of halogens is 1. The molecule has 0 radical (unpaired) electrons. The number of fused-ring (bicyclic) bond motifs is 1. The van der Waals surface area contributed by atoms with Crippen molar-refractivity contribution in [2.45, 2.75) is 12.5 Å². The van der Waals surface area contributed by atoms with Gasteiger partial charge in [-0.05, 0) is 35.4 Å². The Bertz CT molecular complexity index is 1030. The van der Waals surface area contributed by atoms with Gasteiger partial charge in [-0.1, -0.05) is 24.3 Å². The minimum Gasteiger partial charge on any atom is -0.489 e. The van der Waals surface area contributed by atoms with Gasteiger partial charge in [0.2, 0.25) is 0 Å². The van der Waals surface area contributed by atoms with Crippen LogP contribution in [0, 0.1) is 5.82 Å².